The van der Waals surface area contributed by atoms with Crippen LogP contribution in [0.2, 0.25) is 0 Å². The average Bonchev–Trinajstić information content (AvgIpc) is 2.98. The quantitative estimate of drug-likeness (QED) is 0.637. The first-order valence-corrected chi connectivity index (χ1v) is 5.51. The fourth-order valence-electron chi connectivity index (χ4n) is 1.71. The van der Waals surface area contributed by atoms with Crippen molar-refractivity contribution >= 4 is 0 Å². The van der Waals surface area contributed by atoms with Gasteiger partial charge in [-0.25, -0.2) is 0 Å². The predicted molar refractivity (Wildman–Crippen MR) is 56.7 cm³/mol. The van der Waals surface area contributed by atoms with E-state index in [1.54, 1.807) is 0 Å². The minimum atomic E-state index is 1.01. The molecule has 1 saturated carbocycles. The summed E-state index contributed by atoms with van der Waals surface area (Å²) >= 11 is 0. The Morgan fingerprint density at radius 1 is 1.31 bits per heavy atom. The van der Waals surface area contributed by atoms with Gasteiger partial charge in [-0.1, -0.05) is 23.8 Å². The molecule has 0 aromatic rings. The molecular formula is C12H19N. The standard InChI is InChI=1S/C12H19N/c1-2-4-11(5-3-1)8-9-13-10-12-6-7-12/h2,4-5,12-13H,1,3,6-10H2. The van der Waals surface area contributed by atoms with Gasteiger partial charge in [0, 0.05) is 0 Å². The van der Waals surface area contributed by atoms with Gasteiger partial charge in [-0.2, -0.15) is 0 Å². The summed E-state index contributed by atoms with van der Waals surface area (Å²) in [4.78, 5) is 0. The topological polar surface area (TPSA) is 12.0 Å². The lowest BCUT2D eigenvalue weighted by atomic mass is 10.0. The molecule has 0 bridgehead atoms. The molecule has 1 N–H and O–H groups in total. The molecule has 0 unspecified atom stereocenters. The first-order valence-electron chi connectivity index (χ1n) is 5.51. The fraction of sp³-hybridized carbons (Fsp3) is 0.667. The third-order valence-electron chi connectivity index (χ3n) is 2.79. The first kappa shape index (κ1) is 9.01. The number of allylic oxidation sites excluding steroid dienone is 3. The highest BCUT2D eigenvalue weighted by atomic mass is 14.9. The summed E-state index contributed by atoms with van der Waals surface area (Å²) in [5, 5.41) is 3.52. The van der Waals surface area contributed by atoms with Crippen molar-refractivity contribution < 1.29 is 0 Å². The van der Waals surface area contributed by atoms with Crippen molar-refractivity contribution in [1.82, 2.24) is 5.32 Å². The monoisotopic (exact) mass is 177 g/mol. The number of nitrogens with one attached hydrogen (secondary N) is 1. The Labute approximate surface area is 80.9 Å². The van der Waals surface area contributed by atoms with Gasteiger partial charge >= 0.3 is 0 Å². The van der Waals surface area contributed by atoms with Crippen LogP contribution in [0.5, 0.6) is 0 Å². The molecule has 0 atom stereocenters. The van der Waals surface area contributed by atoms with Crippen molar-refractivity contribution in [3.05, 3.63) is 23.8 Å². The van der Waals surface area contributed by atoms with Crippen molar-refractivity contribution in [2.24, 2.45) is 5.92 Å². The van der Waals surface area contributed by atoms with E-state index in [1.807, 2.05) is 0 Å². The van der Waals surface area contributed by atoms with E-state index >= 15 is 0 Å². The summed E-state index contributed by atoms with van der Waals surface area (Å²) in [6.45, 7) is 2.41. The van der Waals surface area contributed by atoms with E-state index in [9.17, 15) is 0 Å². The zero-order valence-corrected chi connectivity index (χ0v) is 8.26. The molecule has 72 valence electrons. The fourth-order valence-corrected chi connectivity index (χ4v) is 1.71. The average molecular weight is 177 g/mol. The normalized spacial score (nSPS) is 21.7. The van der Waals surface area contributed by atoms with E-state index in [-0.39, 0.29) is 0 Å². The zero-order valence-electron chi connectivity index (χ0n) is 8.26. The minimum Gasteiger partial charge on any atom is -0.316 e. The van der Waals surface area contributed by atoms with Crippen LogP contribution in [0.15, 0.2) is 23.8 Å². The van der Waals surface area contributed by atoms with Gasteiger partial charge in [0.25, 0.3) is 0 Å². The number of hydrogen-bond donors (Lipinski definition) is 1. The van der Waals surface area contributed by atoms with Crippen molar-refractivity contribution in [3.63, 3.8) is 0 Å². The van der Waals surface area contributed by atoms with Gasteiger partial charge in [0.1, 0.15) is 0 Å². The van der Waals surface area contributed by atoms with Crippen LogP contribution < -0.4 is 5.32 Å². The van der Waals surface area contributed by atoms with Crippen LogP contribution in [0, 0.1) is 5.92 Å². The van der Waals surface area contributed by atoms with Crippen LogP contribution in [0.3, 0.4) is 0 Å². The molecule has 0 spiro atoms. The lowest BCUT2D eigenvalue weighted by molar-refractivity contribution is 0.637. The van der Waals surface area contributed by atoms with E-state index in [4.69, 9.17) is 0 Å². The highest BCUT2D eigenvalue weighted by Gasteiger charge is 2.19. The molecule has 13 heavy (non-hydrogen) atoms. The lowest BCUT2D eigenvalue weighted by Crippen LogP contribution is -2.18. The van der Waals surface area contributed by atoms with Crippen molar-refractivity contribution in [2.45, 2.75) is 32.1 Å². The van der Waals surface area contributed by atoms with E-state index in [0.717, 1.165) is 12.5 Å². The summed E-state index contributed by atoms with van der Waals surface area (Å²) < 4.78 is 0. The second-order valence-electron chi connectivity index (χ2n) is 4.16. The second kappa shape index (κ2) is 4.61. The smallest absolute Gasteiger partial charge is 0.000835 e. The predicted octanol–water partition coefficient (Wildman–Crippen LogP) is 2.65. The molecule has 0 aromatic carbocycles. The number of rotatable bonds is 5. The molecule has 0 aliphatic heterocycles. The molecule has 0 saturated heterocycles. The maximum atomic E-state index is 3.52. The van der Waals surface area contributed by atoms with Crippen molar-refractivity contribution in [3.8, 4) is 0 Å². The van der Waals surface area contributed by atoms with E-state index in [1.165, 1.54) is 44.2 Å². The van der Waals surface area contributed by atoms with Gasteiger partial charge in [0.2, 0.25) is 0 Å². The van der Waals surface area contributed by atoms with Crippen LogP contribution in [0.25, 0.3) is 0 Å². The van der Waals surface area contributed by atoms with Crippen LogP contribution in [0.1, 0.15) is 32.1 Å². The van der Waals surface area contributed by atoms with Gasteiger partial charge in [-0.15, -0.1) is 0 Å². The molecule has 0 heterocycles. The SMILES string of the molecule is C1=CC(CCNCC2CC2)=CCC1. The number of hydrogen-bond acceptors (Lipinski definition) is 1. The van der Waals surface area contributed by atoms with Gasteiger partial charge in [-0.05, 0) is 51.1 Å². The first-order chi connectivity index (χ1) is 6.45. The highest BCUT2D eigenvalue weighted by Crippen LogP contribution is 2.27. The molecular weight excluding hydrogens is 158 g/mol. The minimum absolute atomic E-state index is 1.01. The second-order valence-corrected chi connectivity index (χ2v) is 4.16. The van der Waals surface area contributed by atoms with Gasteiger partial charge < -0.3 is 5.32 Å². The molecule has 2 rings (SSSR count). The van der Waals surface area contributed by atoms with Crippen LogP contribution >= 0.6 is 0 Å². The molecule has 0 aromatic heterocycles. The Morgan fingerprint density at radius 2 is 2.23 bits per heavy atom. The van der Waals surface area contributed by atoms with Gasteiger partial charge in [0.05, 0.1) is 0 Å². The zero-order chi connectivity index (χ0) is 8.93. The largest absolute Gasteiger partial charge is 0.316 e. The highest BCUT2D eigenvalue weighted by molar-refractivity contribution is 5.22. The third kappa shape index (κ3) is 3.35. The Hall–Kier alpha value is -0.560. The summed E-state index contributed by atoms with van der Waals surface area (Å²) in [7, 11) is 0. The Kier molecular flexibility index (Phi) is 3.20. The van der Waals surface area contributed by atoms with Crippen LogP contribution in [0.4, 0.5) is 0 Å². The van der Waals surface area contributed by atoms with Gasteiger partial charge in [-0.3, -0.25) is 0 Å². The van der Waals surface area contributed by atoms with E-state index in [0.29, 0.717) is 0 Å². The van der Waals surface area contributed by atoms with Crippen LogP contribution in [-0.4, -0.2) is 13.1 Å². The Morgan fingerprint density at radius 3 is 2.92 bits per heavy atom. The Bertz CT molecular complexity index is 211. The summed E-state index contributed by atoms with van der Waals surface area (Å²) in [6.07, 6.45) is 13.5. The summed E-state index contributed by atoms with van der Waals surface area (Å²) in [5.74, 6) is 1.01. The molecule has 2 aliphatic carbocycles. The summed E-state index contributed by atoms with van der Waals surface area (Å²) in [6, 6.07) is 0. The molecule has 0 radical (unpaired) electrons. The molecule has 1 heteroatoms. The molecule has 1 nitrogen and oxygen atoms in total. The maximum Gasteiger partial charge on any atom is -0.000835 e. The summed E-state index contributed by atoms with van der Waals surface area (Å²) in [5.41, 5.74) is 1.52. The molecule has 2 aliphatic rings. The lowest BCUT2D eigenvalue weighted by Gasteiger charge is -2.07. The van der Waals surface area contributed by atoms with E-state index < -0.39 is 0 Å². The Balaban J connectivity index is 1.55. The molecule has 1 fully saturated rings. The van der Waals surface area contributed by atoms with Crippen molar-refractivity contribution in [1.29, 1.82) is 0 Å². The van der Waals surface area contributed by atoms with Gasteiger partial charge in [0.15, 0.2) is 0 Å². The third-order valence-corrected chi connectivity index (χ3v) is 2.79. The van der Waals surface area contributed by atoms with Crippen molar-refractivity contribution in [2.75, 3.05) is 13.1 Å². The van der Waals surface area contributed by atoms with Crippen LogP contribution in [-0.2, 0) is 0 Å². The maximum absolute atomic E-state index is 3.52. The molecule has 0 amide bonds. The van der Waals surface area contributed by atoms with E-state index in [2.05, 4.69) is 23.5 Å².